The molecule has 0 aliphatic rings. The van der Waals surface area contributed by atoms with Gasteiger partial charge in [-0.25, -0.2) is 9.78 Å². The Morgan fingerprint density at radius 1 is 1.30 bits per heavy atom. The molecule has 0 bridgehead atoms. The smallest absolute Gasteiger partial charge is 0.360 e. The Bertz CT molecular complexity index is 789. The van der Waals surface area contributed by atoms with Crippen molar-refractivity contribution >= 4 is 23.6 Å². The summed E-state index contributed by atoms with van der Waals surface area (Å²) in [6.07, 6.45) is 0. The first kappa shape index (κ1) is 21.0. The van der Waals surface area contributed by atoms with E-state index >= 15 is 0 Å². The summed E-state index contributed by atoms with van der Waals surface area (Å²) in [7, 11) is 1.30. The molecule has 1 N–H and O–H groups in total. The molecule has 146 valence electrons. The molecule has 0 saturated heterocycles. The molecule has 0 saturated carbocycles. The minimum absolute atomic E-state index is 0.103. The lowest BCUT2D eigenvalue weighted by Crippen LogP contribution is -2.47. The molecular formula is C20H26N2O4S. The van der Waals surface area contributed by atoms with Crippen molar-refractivity contribution in [3.05, 3.63) is 53.2 Å². The second-order valence-corrected chi connectivity index (χ2v) is 7.86. The van der Waals surface area contributed by atoms with Gasteiger partial charge in [-0.15, -0.1) is 0 Å². The molecule has 1 aromatic heterocycles. The van der Waals surface area contributed by atoms with Crippen molar-refractivity contribution in [1.29, 1.82) is 0 Å². The van der Waals surface area contributed by atoms with Gasteiger partial charge >= 0.3 is 5.97 Å². The molecule has 1 amide bonds. The maximum absolute atomic E-state index is 12.4. The van der Waals surface area contributed by atoms with E-state index in [1.807, 2.05) is 39.0 Å². The first-order chi connectivity index (χ1) is 12.8. The molecule has 6 nitrogen and oxygen atoms in total. The Hall–Kier alpha value is -2.28. The Morgan fingerprint density at radius 2 is 1.96 bits per heavy atom. The third-order valence-corrected chi connectivity index (χ3v) is 5.39. The van der Waals surface area contributed by atoms with Crippen molar-refractivity contribution in [3.63, 3.8) is 0 Å². The normalized spacial score (nSPS) is 13.3. The van der Waals surface area contributed by atoms with E-state index in [0.29, 0.717) is 17.4 Å². The van der Waals surface area contributed by atoms with E-state index in [1.165, 1.54) is 12.7 Å². The van der Waals surface area contributed by atoms with Crippen LogP contribution >= 0.6 is 11.8 Å². The number of hydrogen-bond acceptors (Lipinski definition) is 6. The maximum Gasteiger partial charge on any atom is 0.360 e. The molecular weight excluding hydrogens is 364 g/mol. The second kappa shape index (κ2) is 9.08. The van der Waals surface area contributed by atoms with Gasteiger partial charge in [-0.1, -0.05) is 44.2 Å². The van der Waals surface area contributed by atoms with Crippen LogP contribution in [0.1, 0.15) is 48.5 Å². The van der Waals surface area contributed by atoms with Gasteiger partial charge < -0.3 is 14.5 Å². The average molecular weight is 391 g/mol. The molecule has 0 aliphatic carbocycles. The summed E-state index contributed by atoms with van der Waals surface area (Å²) in [4.78, 5) is 28.6. The fourth-order valence-corrected chi connectivity index (χ4v) is 3.57. The van der Waals surface area contributed by atoms with Gasteiger partial charge in [0, 0.05) is 17.4 Å². The Labute approximate surface area is 164 Å². The highest BCUT2D eigenvalue weighted by Crippen LogP contribution is 2.29. The van der Waals surface area contributed by atoms with Crippen molar-refractivity contribution in [2.24, 2.45) is 5.92 Å². The van der Waals surface area contributed by atoms with Crippen molar-refractivity contribution in [3.8, 4) is 0 Å². The zero-order valence-corrected chi connectivity index (χ0v) is 17.2. The van der Waals surface area contributed by atoms with Crippen LogP contribution in [0.4, 0.5) is 0 Å². The lowest BCUT2D eigenvalue weighted by atomic mass is 10.0. The van der Waals surface area contributed by atoms with Crippen LogP contribution in [0, 0.1) is 12.8 Å². The van der Waals surface area contributed by atoms with Crippen LogP contribution < -0.4 is 5.32 Å². The van der Waals surface area contributed by atoms with Crippen LogP contribution in [0.15, 0.2) is 34.7 Å². The zero-order valence-electron chi connectivity index (χ0n) is 16.4. The van der Waals surface area contributed by atoms with E-state index in [1.54, 1.807) is 18.7 Å². The highest BCUT2D eigenvalue weighted by molar-refractivity contribution is 7.98. The average Bonchev–Trinajstić information content (AvgIpc) is 3.04. The molecule has 1 atom stereocenters. The molecule has 0 radical (unpaired) electrons. The lowest BCUT2D eigenvalue weighted by Gasteiger charge is -2.28. The molecule has 0 unspecified atom stereocenters. The Morgan fingerprint density at radius 3 is 2.56 bits per heavy atom. The number of rotatable bonds is 8. The van der Waals surface area contributed by atoms with Gasteiger partial charge in [0.05, 0.1) is 7.11 Å². The number of aryl methyl sites for hydroxylation is 1. The minimum atomic E-state index is -0.849. The van der Waals surface area contributed by atoms with Crippen LogP contribution in [0.5, 0.6) is 0 Å². The van der Waals surface area contributed by atoms with Crippen molar-refractivity contribution in [2.75, 3.05) is 12.9 Å². The number of hydrogen-bond donors (Lipinski definition) is 1. The molecule has 1 aromatic carbocycles. The fourth-order valence-electron chi connectivity index (χ4n) is 2.43. The predicted molar refractivity (Wildman–Crippen MR) is 106 cm³/mol. The number of aromatic nitrogens is 1. The number of esters is 1. The number of carbonyl (C=O) groups is 2. The van der Waals surface area contributed by atoms with Gasteiger partial charge in [0.25, 0.3) is 0 Å². The van der Waals surface area contributed by atoms with E-state index in [9.17, 15) is 9.59 Å². The minimum Gasteiger partial charge on any atom is -0.464 e. The molecule has 2 rings (SSSR count). The highest BCUT2D eigenvalue weighted by atomic mass is 32.2. The summed E-state index contributed by atoms with van der Waals surface area (Å²) >= 11 is 1.66. The summed E-state index contributed by atoms with van der Waals surface area (Å²) < 4.78 is 10.5. The molecule has 27 heavy (non-hydrogen) atoms. The van der Waals surface area contributed by atoms with Gasteiger partial charge in [-0.05, 0) is 19.4 Å². The van der Waals surface area contributed by atoms with Gasteiger partial charge in [-0.2, -0.15) is 11.8 Å². The third-order valence-electron chi connectivity index (χ3n) is 4.07. The summed E-state index contributed by atoms with van der Waals surface area (Å²) in [5.74, 6) is 1.16. The predicted octanol–water partition coefficient (Wildman–Crippen LogP) is 3.69. The number of nitrogens with zero attached hydrogens (tertiary/aromatic N) is 1. The topological polar surface area (TPSA) is 81.4 Å². The maximum atomic E-state index is 12.4. The molecule has 0 spiro atoms. The molecule has 0 aliphatic heterocycles. The number of amides is 1. The second-order valence-electron chi connectivity index (χ2n) is 6.87. The van der Waals surface area contributed by atoms with Crippen molar-refractivity contribution in [2.45, 2.75) is 39.0 Å². The van der Waals surface area contributed by atoms with E-state index in [4.69, 9.17) is 9.15 Å². The summed E-state index contributed by atoms with van der Waals surface area (Å²) in [6.45, 7) is 7.17. The lowest BCUT2D eigenvalue weighted by molar-refractivity contribution is -0.125. The highest BCUT2D eigenvalue weighted by Gasteiger charge is 2.36. The first-order valence-corrected chi connectivity index (χ1v) is 9.92. The Balaban J connectivity index is 2.24. The third kappa shape index (κ3) is 5.35. The fraction of sp³-hybridized carbons (Fsp3) is 0.450. The van der Waals surface area contributed by atoms with E-state index in [0.717, 1.165) is 5.75 Å². The SMILES string of the molecule is COC(=O)c1nc([C@](C)(CSCc2ccccc2)NC(=O)C(C)C)oc1C. The molecule has 0 fully saturated rings. The summed E-state index contributed by atoms with van der Waals surface area (Å²) in [5.41, 5.74) is 0.474. The van der Waals surface area contributed by atoms with E-state index in [2.05, 4.69) is 22.4 Å². The number of carbonyl (C=O) groups excluding carboxylic acids is 2. The van der Waals surface area contributed by atoms with Gasteiger partial charge in [0.1, 0.15) is 11.3 Å². The largest absolute Gasteiger partial charge is 0.464 e. The number of oxazole rings is 1. The van der Waals surface area contributed by atoms with Crippen LogP contribution in [-0.4, -0.2) is 29.7 Å². The van der Waals surface area contributed by atoms with E-state index in [-0.39, 0.29) is 17.5 Å². The summed E-state index contributed by atoms with van der Waals surface area (Å²) in [6, 6.07) is 10.1. The number of benzene rings is 1. The van der Waals surface area contributed by atoms with Crippen LogP contribution in [0.3, 0.4) is 0 Å². The van der Waals surface area contributed by atoms with E-state index < -0.39 is 11.5 Å². The molecule has 7 heteroatoms. The van der Waals surface area contributed by atoms with Gasteiger partial charge in [0.2, 0.25) is 11.8 Å². The molecule has 2 aromatic rings. The molecule has 1 heterocycles. The van der Waals surface area contributed by atoms with Gasteiger partial charge in [-0.3, -0.25) is 4.79 Å². The number of methoxy groups -OCH3 is 1. The van der Waals surface area contributed by atoms with Gasteiger partial charge in [0.15, 0.2) is 5.69 Å². The monoisotopic (exact) mass is 390 g/mol. The van der Waals surface area contributed by atoms with Crippen LogP contribution in [-0.2, 0) is 20.8 Å². The van der Waals surface area contributed by atoms with Crippen molar-refractivity contribution in [1.82, 2.24) is 10.3 Å². The van der Waals surface area contributed by atoms with Crippen molar-refractivity contribution < 1.29 is 18.7 Å². The summed E-state index contributed by atoms with van der Waals surface area (Å²) in [5, 5.41) is 3.02. The quantitative estimate of drug-likeness (QED) is 0.692. The first-order valence-electron chi connectivity index (χ1n) is 8.76. The Kier molecular flexibility index (Phi) is 7.07. The van der Waals surface area contributed by atoms with Crippen LogP contribution in [0.25, 0.3) is 0 Å². The standard InChI is InChI=1S/C20H26N2O4S/c1-13(2)17(23)22-20(4,12-27-11-15-9-7-6-8-10-15)19-21-16(14(3)26-19)18(24)25-5/h6-10,13H,11-12H2,1-5H3,(H,22,23)/t20-/m0/s1. The number of thioether (sulfide) groups is 1. The zero-order chi connectivity index (χ0) is 20.0. The van der Waals surface area contributed by atoms with Crippen LogP contribution in [0.2, 0.25) is 0 Å². The number of ether oxygens (including phenoxy) is 1. The number of nitrogens with one attached hydrogen (secondary N) is 1.